The molecule has 0 aromatic heterocycles. The van der Waals surface area contributed by atoms with Crippen molar-refractivity contribution < 1.29 is 23.8 Å². The van der Waals surface area contributed by atoms with Gasteiger partial charge in [0.2, 0.25) is 0 Å². The lowest BCUT2D eigenvalue weighted by atomic mass is 10.0. The van der Waals surface area contributed by atoms with E-state index in [-0.39, 0.29) is 19.1 Å². The Bertz CT molecular complexity index is 776. The van der Waals surface area contributed by atoms with Gasteiger partial charge in [0.1, 0.15) is 11.9 Å². The molecule has 1 atom stereocenters. The molecule has 0 unspecified atom stereocenters. The molecular weight excluding hydrogens is 359 g/mol. The summed E-state index contributed by atoms with van der Waals surface area (Å²) in [6.07, 6.45) is -0.941. The van der Waals surface area contributed by atoms with Gasteiger partial charge in [0, 0.05) is 24.0 Å². The summed E-state index contributed by atoms with van der Waals surface area (Å²) in [6.45, 7) is 1.01. The zero-order valence-corrected chi connectivity index (χ0v) is 14.4. The normalized spacial score (nSPS) is 20.2. The third-order valence-electron chi connectivity index (χ3n) is 4.61. The minimum atomic E-state index is -0.944. The first-order chi connectivity index (χ1) is 13.0. The number of nitrogens with zero attached hydrogens (tertiary/aromatic N) is 5. The molecule has 2 saturated heterocycles. The van der Waals surface area contributed by atoms with Crippen LogP contribution in [-0.2, 0) is 4.74 Å². The fraction of sp³-hybridized carbons (Fsp3) is 0.500. The van der Waals surface area contributed by atoms with E-state index in [0.29, 0.717) is 37.3 Å². The van der Waals surface area contributed by atoms with E-state index >= 15 is 0 Å². The molecule has 2 amide bonds. The van der Waals surface area contributed by atoms with E-state index in [2.05, 4.69) is 15.3 Å². The minimum absolute atomic E-state index is 0.0223. The van der Waals surface area contributed by atoms with Crippen LogP contribution in [0.3, 0.4) is 0 Å². The van der Waals surface area contributed by atoms with Crippen LogP contribution in [0.1, 0.15) is 12.8 Å². The SMILES string of the molecule is [N-]=[N+]=NC[C@H]1CN(c2ccc(NC3CCN(C(=O)O)CC3)c(F)c2)C(=O)O1. The zero-order valence-electron chi connectivity index (χ0n) is 14.4. The molecule has 0 radical (unpaired) electrons. The van der Waals surface area contributed by atoms with Gasteiger partial charge in [-0.3, -0.25) is 4.90 Å². The monoisotopic (exact) mass is 378 g/mol. The first kappa shape index (κ1) is 18.6. The summed E-state index contributed by atoms with van der Waals surface area (Å²) in [5.74, 6) is -0.514. The first-order valence-electron chi connectivity index (χ1n) is 8.51. The van der Waals surface area contributed by atoms with Gasteiger partial charge < -0.3 is 20.1 Å². The quantitative estimate of drug-likeness (QED) is 0.462. The molecule has 11 heteroatoms. The van der Waals surface area contributed by atoms with Crippen LogP contribution in [0.4, 0.5) is 25.4 Å². The lowest BCUT2D eigenvalue weighted by Gasteiger charge is -2.31. The van der Waals surface area contributed by atoms with E-state index in [1.165, 1.54) is 15.9 Å². The van der Waals surface area contributed by atoms with Gasteiger partial charge in [0.15, 0.2) is 0 Å². The molecule has 0 bridgehead atoms. The number of hydrogen-bond donors (Lipinski definition) is 2. The summed E-state index contributed by atoms with van der Waals surface area (Å²) < 4.78 is 19.6. The fourth-order valence-corrected chi connectivity index (χ4v) is 3.18. The fourth-order valence-electron chi connectivity index (χ4n) is 3.18. The molecule has 1 aromatic carbocycles. The average molecular weight is 378 g/mol. The van der Waals surface area contributed by atoms with Crippen LogP contribution in [0.25, 0.3) is 10.4 Å². The molecule has 2 aliphatic heterocycles. The van der Waals surface area contributed by atoms with Crippen molar-refractivity contribution in [3.8, 4) is 0 Å². The molecule has 144 valence electrons. The highest BCUT2D eigenvalue weighted by atomic mass is 19.1. The Morgan fingerprint density at radius 2 is 2.19 bits per heavy atom. The maximum absolute atomic E-state index is 14.5. The average Bonchev–Trinajstić information content (AvgIpc) is 3.02. The van der Waals surface area contributed by atoms with E-state index in [9.17, 15) is 14.0 Å². The molecule has 1 aromatic rings. The second kappa shape index (κ2) is 8.00. The maximum atomic E-state index is 14.5. The van der Waals surface area contributed by atoms with Gasteiger partial charge >= 0.3 is 12.2 Å². The van der Waals surface area contributed by atoms with Gasteiger partial charge in [0.25, 0.3) is 0 Å². The van der Waals surface area contributed by atoms with Crippen LogP contribution in [-0.4, -0.2) is 60.5 Å². The number of carbonyl (C=O) groups excluding carboxylic acids is 1. The molecule has 2 aliphatic rings. The van der Waals surface area contributed by atoms with E-state index in [1.54, 1.807) is 12.1 Å². The van der Waals surface area contributed by atoms with Gasteiger partial charge in [-0.05, 0) is 36.6 Å². The van der Waals surface area contributed by atoms with Crippen molar-refractivity contribution in [3.63, 3.8) is 0 Å². The Kier molecular flexibility index (Phi) is 5.51. The van der Waals surface area contributed by atoms with Gasteiger partial charge in [-0.2, -0.15) is 0 Å². The number of azide groups is 1. The molecule has 2 N–H and O–H groups in total. The number of nitrogens with one attached hydrogen (secondary N) is 1. The maximum Gasteiger partial charge on any atom is 0.414 e. The Labute approximate surface area is 154 Å². The highest BCUT2D eigenvalue weighted by Crippen LogP contribution is 2.27. The second-order valence-electron chi connectivity index (χ2n) is 6.38. The molecule has 0 aliphatic carbocycles. The molecule has 0 spiro atoms. The number of halogens is 1. The largest absolute Gasteiger partial charge is 0.465 e. The summed E-state index contributed by atoms with van der Waals surface area (Å²) in [6, 6.07) is 4.37. The molecule has 27 heavy (non-hydrogen) atoms. The number of carboxylic acid groups (broad SMARTS) is 1. The summed E-state index contributed by atoms with van der Waals surface area (Å²) in [7, 11) is 0. The van der Waals surface area contributed by atoms with Crippen molar-refractivity contribution in [3.05, 3.63) is 34.5 Å². The van der Waals surface area contributed by atoms with E-state index in [0.717, 1.165) is 0 Å². The topological polar surface area (TPSA) is 131 Å². The van der Waals surface area contributed by atoms with Crippen molar-refractivity contribution in [1.82, 2.24) is 4.90 Å². The standard InChI is InChI=1S/C16H19FN6O4/c17-13-7-11(23-9-12(8-19-21-18)27-16(23)26)1-2-14(13)20-10-3-5-22(6-4-10)15(24)25/h1-2,7,10,12,20H,3-6,8-9H2,(H,24,25)/t12-/m0/s1. The van der Waals surface area contributed by atoms with E-state index < -0.39 is 24.1 Å². The van der Waals surface area contributed by atoms with Crippen molar-refractivity contribution in [1.29, 1.82) is 0 Å². The Balaban J connectivity index is 1.62. The molecule has 0 saturated carbocycles. The molecule has 3 rings (SSSR count). The van der Waals surface area contributed by atoms with Crippen molar-refractivity contribution >= 4 is 23.6 Å². The smallest absolute Gasteiger partial charge is 0.414 e. The third kappa shape index (κ3) is 4.32. The summed E-state index contributed by atoms with van der Waals surface area (Å²) in [5.41, 5.74) is 8.99. The number of cyclic esters (lactones) is 1. The lowest BCUT2D eigenvalue weighted by molar-refractivity contribution is 0.133. The lowest BCUT2D eigenvalue weighted by Crippen LogP contribution is -2.41. The second-order valence-corrected chi connectivity index (χ2v) is 6.38. The number of anilines is 2. The first-order valence-corrected chi connectivity index (χ1v) is 8.51. The number of piperidine rings is 1. The molecule has 10 nitrogen and oxygen atoms in total. The van der Waals surface area contributed by atoms with Crippen LogP contribution in [0.15, 0.2) is 23.3 Å². The van der Waals surface area contributed by atoms with Gasteiger partial charge in [-0.25, -0.2) is 14.0 Å². The van der Waals surface area contributed by atoms with Crippen LogP contribution < -0.4 is 10.2 Å². The van der Waals surface area contributed by atoms with Crippen molar-refractivity contribution in [2.45, 2.75) is 25.0 Å². The predicted octanol–water partition coefficient (Wildman–Crippen LogP) is 3.02. The van der Waals surface area contributed by atoms with Crippen LogP contribution in [0.5, 0.6) is 0 Å². The zero-order chi connectivity index (χ0) is 19.4. The van der Waals surface area contributed by atoms with Gasteiger partial charge in [0.05, 0.1) is 24.5 Å². The Hall–Kier alpha value is -3.20. The number of hydrogen-bond acceptors (Lipinski definition) is 5. The highest BCUT2D eigenvalue weighted by molar-refractivity contribution is 5.90. The van der Waals surface area contributed by atoms with Crippen LogP contribution in [0.2, 0.25) is 0 Å². The van der Waals surface area contributed by atoms with Gasteiger partial charge in [-0.15, -0.1) is 0 Å². The predicted molar refractivity (Wildman–Crippen MR) is 94.3 cm³/mol. The van der Waals surface area contributed by atoms with Crippen LogP contribution >= 0.6 is 0 Å². The highest BCUT2D eigenvalue weighted by Gasteiger charge is 2.32. The minimum Gasteiger partial charge on any atom is -0.465 e. The third-order valence-corrected chi connectivity index (χ3v) is 4.61. The number of carbonyl (C=O) groups is 2. The number of amides is 2. The Morgan fingerprint density at radius 3 is 2.81 bits per heavy atom. The molecular formula is C16H19FN6O4. The number of benzene rings is 1. The summed E-state index contributed by atoms with van der Waals surface area (Å²) in [5, 5.41) is 15.4. The van der Waals surface area contributed by atoms with Crippen molar-refractivity contribution in [2.75, 3.05) is 36.4 Å². The summed E-state index contributed by atoms with van der Waals surface area (Å²) in [4.78, 5) is 28.1. The Morgan fingerprint density at radius 1 is 1.44 bits per heavy atom. The number of likely N-dealkylation sites (tertiary alicyclic amines) is 1. The van der Waals surface area contributed by atoms with Crippen LogP contribution in [0, 0.1) is 5.82 Å². The summed E-state index contributed by atoms with van der Waals surface area (Å²) >= 11 is 0. The van der Waals surface area contributed by atoms with E-state index in [4.69, 9.17) is 15.4 Å². The van der Waals surface area contributed by atoms with Gasteiger partial charge in [-0.1, -0.05) is 5.11 Å². The van der Waals surface area contributed by atoms with Crippen molar-refractivity contribution in [2.24, 2.45) is 5.11 Å². The van der Waals surface area contributed by atoms with E-state index in [1.807, 2.05) is 0 Å². The molecule has 2 heterocycles. The number of ether oxygens (including phenoxy) is 1. The number of rotatable bonds is 5. The molecule has 2 fully saturated rings.